The van der Waals surface area contributed by atoms with E-state index in [0.717, 1.165) is 21.9 Å². The first-order valence-electron chi connectivity index (χ1n) is 8.93. The van der Waals surface area contributed by atoms with Crippen LogP contribution in [0.25, 0.3) is 10.8 Å². The fourth-order valence-corrected chi connectivity index (χ4v) is 3.23. The molecule has 0 spiro atoms. The molecule has 1 N–H and O–H groups in total. The minimum absolute atomic E-state index is 0.136. The fourth-order valence-electron chi connectivity index (χ4n) is 3.23. The Morgan fingerprint density at radius 2 is 1.74 bits per heavy atom. The molecule has 0 fully saturated rings. The highest BCUT2D eigenvalue weighted by atomic mass is 16.2. The van der Waals surface area contributed by atoms with Crippen LogP contribution in [0.4, 0.5) is 0 Å². The van der Waals surface area contributed by atoms with Crippen LogP contribution in [0.3, 0.4) is 0 Å². The zero-order chi connectivity index (χ0) is 18.6. The number of nitrogens with zero attached hydrogens (tertiary/aromatic N) is 3. The number of nitrogens with one attached hydrogen (secondary N) is 1. The Morgan fingerprint density at radius 3 is 2.59 bits per heavy atom. The molecular weight excluding hydrogens is 336 g/mol. The van der Waals surface area contributed by atoms with Gasteiger partial charge in [-0.15, -0.1) is 5.10 Å². The van der Waals surface area contributed by atoms with Crippen molar-refractivity contribution in [3.8, 4) is 0 Å². The molecule has 0 bridgehead atoms. The maximum atomic E-state index is 12.6. The van der Waals surface area contributed by atoms with Crippen molar-refractivity contribution in [2.45, 2.75) is 19.5 Å². The molecule has 134 valence electrons. The van der Waals surface area contributed by atoms with Crippen molar-refractivity contribution >= 4 is 16.7 Å². The van der Waals surface area contributed by atoms with Gasteiger partial charge in [0.1, 0.15) is 0 Å². The molecule has 4 aromatic rings. The third-order valence-corrected chi connectivity index (χ3v) is 4.60. The van der Waals surface area contributed by atoms with Crippen molar-refractivity contribution in [1.29, 1.82) is 0 Å². The SMILES string of the molecule is CC(NC(=O)c1cn(Cc2ccccc2)nn1)c1cccc2ccccc12. The molecule has 1 atom stereocenters. The van der Waals surface area contributed by atoms with Gasteiger partial charge in [0.25, 0.3) is 5.91 Å². The molecular formula is C22H20N4O. The third-order valence-electron chi connectivity index (χ3n) is 4.60. The summed E-state index contributed by atoms with van der Waals surface area (Å²) >= 11 is 0. The van der Waals surface area contributed by atoms with Crippen molar-refractivity contribution in [3.63, 3.8) is 0 Å². The molecule has 0 radical (unpaired) electrons. The van der Waals surface area contributed by atoms with Crippen molar-refractivity contribution in [3.05, 3.63) is 95.8 Å². The molecule has 1 aromatic heterocycles. The summed E-state index contributed by atoms with van der Waals surface area (Å²) in [5, 5.41) is 13.4. The Morgan fingerprint density at radius 1 is 1.00 bits per heavy atom. The van der Waals surface area contributed by atoms with Gasteiger partial charge in [0.05, 0.1) is 18.8 Å². The minimum Gasteiger partial charge on any atom is -0.344 e. The molecule has 27 heavy (non-hydrogen) atoms. The number of amides is 1. The Kier molecular flexibility index (Phi) is 4.66. The second kappa shape index (κ2) is 7.41. The van der Waals surface area contributed by atoms with E-state index in [1.807, 2.05) is 61.5 Å². The Labute approximate surface area is 157 Å². The topological polar surface area (TPSA) is 59.8 Å². The van der Waals surface area contributed by atoms with Gasteiger partial charge in [-0.1, -0.05) is 78.0 Å². The van der Waals surface area contributed by atoms with E-state index >= 15 is 0 Å². The summed E-state index contributed by atoms with van der Waals surface area (Å²) < 4.78 is 1.67. The summed E-state index contributed by atoms with van der Waals surface area (Å²) in [5.41, 5.74) is 2.51. The molecule has 5 nitrogen and oxygen atoms in total. The average molecular weight is 356 g/mol. The maximum Gasteiger partial charge on any atom is 0.273 e. The second-order valence-corrected chi connectivity index (χ2v) is 6.55. The van der Waals surface area contributed by atoms with Crippen molar-refractivity contribution in [2.24, 2.45) is 0 Å². The van der Waals surface area contributed by atoms with Gasteiger partial charge in [0.15, 0.2) is 5.69 Å². The molecule has 0 aliphatic rings. The quantitative estimate of drug-likeness (QED) is 0.589. The van der Waals surface area contributed by atoms with Gasteiger partial charge in [-0.05, 0) is 28.8 Å². The highest BCUT2D eigenvalue weighted by molar-refractivity contribution is 5.93. The van der Waals surface area contributed by atoms with Crippen molar-refractivity contribution in [1.82, 2.24) is 20.3 Å². The van der Waals surface area contributed by atoms with E-state index in [0.29, 0.717) is 12.2 Å². The zero-order valence-electron chi connectivity index (χ0n) is 15.0. The monoisotopic (exact) mass is 356 g/mol. The van der Waals surface area contributed by atoms with E-state index in [1.165, 1.54) is 0 Å². The summed E-state index contributed by atoms with van der Waals surface area (Å²) in [4.78, 5) is 12.6. The first-order valence-corrected chi connectivity index (χ1v) is 8.93. The van der Waals surface area contributed by atoms with E-state index in [2.05, 4.69) is 33.8 Å². The van der Waals surface area contributed by atoms with Crippen molar-refractivity contribution in [2.75, 3.05) is 0 Å². The van der Waals surface area contributed by atoms with Crippen LogP contribution in [0.15, 0.2) is 79.0 Å². The fraction of sp³-hybridized carbons (Fsp3) is 0.136. The van der Waals surface area contributed by atoms with Crippen LogP contribution < -0.4 is 5.32 Å². The van der Waals surface area contributed by atoms with E-state index < -0.39 is 0 Å². The lowest BCUT2D eigenvalue weighted by atomic mass is 9.99. The second-order valence-electron chi connectivity index (χ2n) is 6.55. The zero-order valence-corrected chi connectivity index (χ0v) is 15.0. The van der Waals surface area contributed by atoms with Gasteiger partial charge >= 0.3 is 0 Å². The highest BCUT2D eigenvalue weighted by Crippen LogP contribution is 2.24. The Hall–Kier alpha value is -3.47. The molecule has 0 aliphatic carbocycles. The van der Waals surface area contributed by atoms with Gasteiger partial charge in [-0.25, -0.2) is 4.68 Å². The minimum atomic E-state index is -0.227. The van der Waals surface area contributed by atoms with Crippen LogP contribution in [0, 0.1) is 0 Å². The lowest BCUT2D eigenvalue weighted by Gasteiger charge is -2.15. The van der Waals surface area contributed by atoms with Gasteiger partial charge in [0.2, 0.25) is 0 Å². The van der Waals surface area contributed by atoms with Gasteiger partial charge in [-0.3, -0.25) is 4.79 Å². The average Bonchev–Trinajstić information content (AvgIpc) is 3.17. The predicted molar refractivity (Wildman–Crippen MR) is 105 cm³/mol. The van der Waals surface area contributed by atoms with Gasteiger partial charge in [-0.2, -0.15) is 0 Å². The molecule has 1 unspecified atom stereocenters. The molecule has 5 heteroatoms. The molecule has 0 saturated carbocycles. The molecule has 0 saturated heterocycles. The Balaban J connectivity index is 1.49. The largest absolute Gasteiger partial charge is 0.344 e. The number of aromatic nitrogens is 3. The summed E-state index contributed by atoms with van der Waals surface area (Å²) in [6.07, 6.45) is 1.68. The van der Waals surface area contributed by atoms with Gasteiger partial charge < -0.3 is 5.32 Å². The Bertz CT molecular complexity index is 1070. The summed E-state index contributed by atoms with van der Waals surface area (Å²) in [6, 6.07) is 24.1. The molecule has 1 amide bonds. The van der Waals surface area contributed by atoms with E-state index in [1.54, 1.807) is 10.9 Å². The van der Waals surface area contributed by atoms with E-state index in [-0.39, 0.29) is 11.9 Å². The van der Waals surface area contributed by atoms with Crippen LogP contribution >= 0.6 is 0 Å². The van der Waals surface area contributed by atoms with Crippen molar-refractivity contribution < 1.29 is 4.79 Å². The predicted octanol–water partition coefficient (Wildman–Crippen LogP) is 3.97. The van der Waals surface area contributed by atoms with Crippen LogP contribution in [-0.4, -0.2) is 20.9 Å². The van der Waals surface area contributed by atoms with Gasteiger partial charge in [0, 0.05) is 0 Å². The van der Waals surface area contributed by atoms with E-state index in [4.69, 9.17) is 0 Å². The standard InChI is InChI=1S/C22H20N4O/c1-16(19-13-7-11-18-10-5-6-12-20(18)19)23-22(27)21-15-26(25-24-21)14-17-8-3-2-4-9-17/h2-13,15-16H,14H2,1H3,(H,23,27). The van der Waals surface area contributed by atoms with Crippen LogP contribution in [-0.2, 0) is 6.54 Å². The first kappa shape index (κ1) is 17.0. The normalized spacial score (nSPS) is 12.0. The van der Waals surface area contributed by atoms with E-state index in [9.17, 15) is 4.79 Å². The number of hydrogen-bond donors (Lipinski definition) is 1. The molecule has 0 aliphatic heterocycles. The van der Waals surface area contributed by atoms with Crippen LogP contribution in [0.1, 0.15) is 34.6 Å². The lowest BCUT2D eigenvalue weighted by Crippen LogP contribution is -2.27. The highest BCUT2D eigenvalue weighted by Gasteiger charge is 2.16. The summed E-state index contributed by atoms with van der Waals surface area (Å²) in [5.74, 6) is -0.227. The van der Waals surface area contributed by atoms with Crippen LogP contribution in [0.2, 0.25) is 0 Å². The molecule has 3 aromatic carbocycles. The smallest absolute Gasteiger partial charge is 0.273 e. The number of carbonyl (C=O) groups is 1. The molecule has 1 heterocycles. The number of benzene rings is 3. The molecule has 4 rings (SSSR count). The maximum absolute atomic E-state index is 12.6. The lowest BCUT2D eigenvalue weighted by molar-refractivity contribution is 0.0935. The number of carbonyl (C=O) groups excluding carboxylic acids is 1. The number of hydrogen-bond acceptors (Lipinski definition) is 3. The summed E-state index contributed by atoms with van der Waals surface area (Å²) in [7, 11) is 0. The first-order chi connectivity index (χ1) is 13.2. The number of fused-ring (bicyclic) bond motifs is 1. The third kappa shape index (κ3) is 3.72. The summed E-state index contributed by atoms with van der Waals surface area (Å²) in [6.45, 7) is 2.56. The van der Waals surface area contributed by atoms with Crippen LogP contribution in [0.5, 0.6) is 0 Å². The number of rotatable bonds is 5.